The van der Waals surface area contributed by atoms with Crippen molar-refractivity contribution in [3.63, 3.8) is 0 Å². The van der Waals surface area contributed by atoms with Crippen LogP contribution in [-0.2, 0) is 0 Å². The standard InChI is InChI=1S/C16H15NO2/c1-17(2)16(19)15-10-6-5-9-14(15)13-8-4-3-7-12(13)11-18/h3-11H,1-2H3. The zero-order valence-electron chi connectivity index (χ0n) is 11.0. The smallest absolute Gasteiger partial charge is 0.253 e. The number of nitrogens with zero attached hydrogens (tertiary/aromatic N) is 1. The molecule has 0 aliphatic heterocycles. The highest BCUT2D eigenvalue weighted by Gasteiger charge is 2.15. The first-order chi connectivity index (χ1) is 9.15. The molecule has 2 aromatic rings. The first kappa shape index (κ1) is 13.0. The second-order valence-electron chi connectivity index (χ2n) is 4.45. The predicted molar refractivity (Wildman–Crippen MR) is 75.3 cm³/mol. The third-order valence-electron chi connectivity index (χ3n) is 2.94. The minimum atomic E-state index is -0.0729. The molecule has 0 radical (unpaired) electrons. The minimum absolute atomic E-state index is 0.0729. The molecule has 0 saturated carbocycles. The molecule has 96 valence electrons. The van der Waals surface area contributed by atoms with Crippen LogP contribution in [0.2, 0.25) is 0 Å². The van der Waals surface area contributed by atoms with E-state index in [0.717, 1.165) is 17.4 Å². The molecular weight excluding hydrogens is 238 g/mol. The Labute approximate surface area is 112 Å². The van der Waals surface area contributed by atoms with Crippen LogP contribution in [0.15, 0.2) is 48.5 Å². The number of rotatable bonds is 3. The fourth-order valence-electron chi connectivity index (χ4n) is 1.99. The summed E-state index contributed by atoms with van der Waals surface area (Å²) in [6.07, 6.45) is 0.812. The van der Waals surface area contributed by atoms with Gasteiger partial charge in [-0.05, 0) is 17.2 Å². The van der Waals surface area contributed by atoms with Crippen LogP contribution >= 0.6 is 0 Å². The van der Waals surface area contributed by atoms with E-state index in [4.69, 9.17) is 0 Å². The Kier molecular flexibility index (Phi) is 3.76. The fourth-order valence-corrected chi connectivity index (χ4v) is 1.99. The van der Waals surface area contributed by atoms with Gasteiger partial charge in [-0.25, -0.2) is 0 Å². The largest absolute Gasteiger partial charge is 0.345 e. The van der Waals surface area contributed by atoms with Gasteiger partial charge >= 0.3 is 0 Å². The lowest BCUT2D eigenvalue weighted by Gasteiger charge is -2.15. The van der Waals surface area contributed by atoms with Crippen molar-refractivity contribution in [2.24, 2.45) is 0 Å². The first-order valence-electron chi connectivity index (χ1n) is 6.00. The Balaban J connectivity index is 2.63. The number of amides is 1. The van der Waals surface area contributed by atoms with Crippen LogP contribution in [0, 0.1) is 0 Å². The molecule has 0 heterocycles. The van der Waals surface area contributed by atoms with Gasteiger partial charge in [-0.3, -0.25) is 9.59 Å². The van der Waals surface area contributed by atoms with E-state index in [1.165, 1.54) is 4.90 Å². The zero-order chi connectivity index (χ0) is 13.8. The van der Waals surface area contributed by atoms with Crippen molar-refractivity contribution < 1.29 is 9.59 Å². The van der Waals surface area contributed by atoms with Gasteiger partial charge in [-0.1, -0.05) is 42.5 Å². The van der Waals surface area contributed by atoms with Crippen LogP contribution < -0.4 is 0 Å². The normalized spacial score (nSPS) is 10.0. The van der Waals surface area contributed by atoms with E-state index in [0.29, 0.717) is 11.1 Å². The molecule has 3 heteroatoms. The molecule has 2 rings (SSSR count). The van der Waals surface area contributed by atoms with Crippen molar-refractivity contribution in [1.82, 2.24) is 4.90 Å². The van der Waals surface area contributed by atoms with Crippen molar-refractivity contribution in [3.8, 4) is 11.1 Å². The third-order valence-corrected chi connectivity index (χ3v) is 2.94. The molecule has 1 amide bonds. The quantitative estimate of drug-likeness (QED) is 0.789. The van der Waals surface area contributed by atoms with Crippen LogP contribution in [0.5, 0.6) is 0 Å². The Morgan fingerprint density at radius 2 is 1.53 bits per heavy atom. The Morgan fingerprint density at radius 1 is 0.947 bits per heavy atom. The van der Waals surface area contributed by atoms with Crippen LogP contribution in [-0.4, -0.2) is 31.2 Å². The molecule has 0 aliphatic rings. The van der Waals surface area contributed by atoms with Crippen LogP contribution in [0.25, 0.3) is 11.1 Å². The van der Waals surface area contributed by atoms with E-state index in [9.17, 15) is 9.59 Å². The Morgan fingerprint density at radius 3 is 2.16 bits per heavy atom. The maximum absolute atomic E-state index is 12.2. The van der Waals surface area contributed by atoms with Gasteiger partial charge in [-0.15, -0.1) is 0 Å². The molecule has 0 fully saturated rings. The van der Waals surface area contributed by atoms with Crippen molar-refractivity contribution >= 4 is 12.2 Å². The molecule has 19 heavy (non-hydrogen) atoms. The second kappa shape index (κ2) is 5.48. The van der Waals surface area contributed by atoms with Gasteiger partial charge in [0.05, 0.1) is 0 Å². The monoisotopic (exact) mass is 253 g/mol. The van der Waals surface area contributed by atoms with Crippen molar-refractivity contribution in [1.29, 1.82) is 0 Å². The van der Waals surface area contributed by atoms with Gasteiger partial charge in [0.25, 0.3) is 5.91 Å². The molecule has 3 nitrogen and oxygen atoms in total. The van der Waals surface area contributed by atoms with Crippen LogP contribution in [0.1, 0.15) is 20.7 Å². The number of carbonyl (C=O) groups excluding carboxylic acids is 2. The summed E-state index contributed by atoms with van der Waals surface area (Å²) in [4.78, 5) is 24.8. The molecule has 0 unspecified atom stereocenters. The summed E-state index contributed by atoms with van der Waals surface area (Å²) in [6, 6.07) is 14.6. The Hall–Kier alpha value is -2.42. The molecular formula is C16H15NO2. The summed E-state index contributed by atoms with van der Waals surface area (Å²) < 4.78 is 0. The van der Waals surface area contributed by atoms with E-state index < -0.39 is 0 Å². The maximum Gasteiger partial charge on any atom is 0.253 e. The van der Waals surface area contributed by atoms with Gasteiger partial charge in [0.2, 0.25) is 0 Å². The molecule has 0 bridgehead atoms. The topological polar surface area (TPSA) is 37.4 Å². The highest BCUT2D eigenvalue weighted by molar-refractivity contribution is 6.02. The second-order valence-corrected chi connectivity index (χ2v) is 4.45. The number of aldehydes is 1. The summed E-state index contributed by atoms with van der Waals surface area (Å²) in [5.41, 5.74) is 2.75. The number of carbonyl (C=O) groups is 2. The number of benzene rings is 2. The Bertz CT molecular complexity index is 618. The number of hydrogen-bond donors (Lipinski definition) is 0. The lowest BCUT2D eigenvalue weighted by atomic mass is 9.95. The average molecular weight is 253 g/mol. The summed E-state index contributed by atoms with van der Waals surface area (Å²) in [7, 11) is 3.43. The summed E-state index contributed by atoms with van der Waals surface area (Å²) in [6.45, 7) is 0. The van der Waals surface area contributed by atoms with E-state index in [1.807, 2.05) is 36.4 Å². The molecule has 0 N–H and O–H groups in total. The van der Waals surface area contributed by atoms with E-state index in [1.54, 1.807) is 26.2 Å². The molecule has 0 aliphatic carbocycles. The fraction of sp³-hybridized carbons (Fsp3) is 0.125. The zero-order valence-corrected chi connectivity index (χ0v) is 11.0. The highest BCUT2D eigenvalue weighted by Crippen LogP contribution is 2.26. The average Bonchev–Trinajstić information content (AvgIpc) is 2.46. The highest BCUT2D eigenvalue weighted by atomic mass is 16.2. The summed E-state index contributed by atoms with van der Waals surface area (Å²) in [5.74, 6) is -0.0729. The number of hydrogen-bond acceptors (Lipinski definition) is 2. The van der Waals surface area contributed by atoms with Crippen LogP contribution in [0.4, 0.5) is 0 Å². The van der Waals surface area contributed by atoms with Crippen LogP contribution in [0.3, 0.4) is 0 Å². The molecule has 2 aromatic carbocycles. The summed E-state index contributed by atoms with van der Waals surface area (Å²) in [5, 5.41) is 0. The summed E-state index contributed by atoms with van der Waals surface area (Å²) >= 11 is 0. The lowest BCUT2D eigenvalue weighted by Crippen LogP contribution is -2.22. The van der Waals surface area contributed by atoms with Gasteiger partial charge in [-0.2, -0.15) is 0 Å². The molecule has 0 aromatic heterocycles. The molecule has 0 saturated heterocycles. The van der Waals surface area contributed by atoms with E-state index in [2.05, 4.69) is 0 Å². The molecule has 0 atom stereocenters. The van der Waals surface area contributed by atoms with Crippen molar-refractivity contribution in [2.45, 2.75) is 0 Å². The predicted octanol–water partition coefficient (Wildman–Crippen LogP) is 2.87. The van der Waals surface area contributed by atoms with Gasteiger partial charge in [0.15, 0.2) is 6.29 Å². The van der Waals surface area contributed by atoms with Gasteiger partial charge in [0, 0.05) is 25.2 Å². The lowest BCUT2D eigenvalue weighted by molar-refractivity contribution is 0.0828. The van der Waals surface area contributed by atoms with Crippen molar-refractivity contribution in [3.05, 3.63) is 59.7 Å². The maximum atomic E-state index is 12.2. The SMILES string of the molecule is CN(C)C(=O)c1ccccc1-c1ccccc1C=O. The molecule has 0 spiro atoms. The first-order valence-corrected chi connectivity index (χ1v) is 6.00. The van der Waals surface area contributed by atoms with E-state index >= 15 is 0 Å². The van der Waals surface area contributed by atoms with Gasteiger partial charge < -0.3 is 4.90 Å². The third kappa shape index (κ3) is 2.55. The van der Waals surface area contributed by atoms with Gasteiger partial charge in [0.1, 0.15) is 0 Å². The van der Waals surface area contributed by atoms with Crippen molar-refractivity contribution in [2.75, 3.05) is 14.1 Å². The minimum Gasteiger partial charge on any atom is -0.345 e. The van der Waals surface area contributed by atoms with E-state index in [-0.39, 0.29) is 5.91 Å².